The fourth-order valence-corrected chi connectivity index (χ4v) is 5.11. The molecular formula is C28H20Br4O4. The van der Waals surface area contributed by atoms with Crippen LogP contribution in [-0.2, 0) is 0 Å². The Labute approximate surface area is 242 Å². The Morgan fingerprint density at radius 2 is 0.500 bits per heavy atom. The Bertz CT molecular complexity index is 1150. The van der Waals surface area contributed by atoms with Crippen molar-refractivity contribution in [3.63, 3.8) is 0 Å². The van der Waals surface area contributed by atoms with E-state index in [2.05, 4.69) is 63.7 Å². The molecule has 0 spiro atoms. The Balaban J connectivity index is 0.000000201. The van der Waals surface area contributed by atoms with Crippen molar-refractivity contribution in [1.29, 1.82) is 0 Å². The summed E-state index contributed by atoms with van der Waals surface area (Å²) in [7, 11) is 0. The molecule has 0 amide bonds. The van der Waals surface area contributed by atoms with Crippen molar-refractivity contribution in [1.82, 2.24) is 0 Å². The van der Waals surface area contributed by atoms with Crippen molar-refractivity contribution in [2.24, 2.45) is 0 Å². The molecule has 0 saturated heterocycles. The lowest BCUT2D eigenvalue weighted by Gasteiger charge is -2.09. The summed E-state index contributed by atoms with van der Waals surface area (Å²) < 4.78 is 1.62. The van der Waals surface area contributed by atoms with E-state index in [1.165, 1.54) is 0 Å². The Morgan fingerprint density at radius 3 is 0.639 bits per heavy atom. The normalized spacial score (nSPS) is 10.1. The SMILES string of the molecule is Oc1ccc(C(=C(Br)Br)c2ccc(O)cc2)cc1.Oc1ccc(C(=C(Br)Br)c2ccc(O)cc2)cc1. The monoisotopic (exact) mass is 736 g/mol. The van der Waals surface area contributed by atoms with Crippen LogP contribution in [0.5, 0.6) is 23.0 Å². The zero-order chi connectivity index (χ0) is 26.2. The molecule has 184 valence electrons. The number of hydrogen-bond acceptors (Lipinski definition) is 4. The smallest absolute Gasteiger partial charge is 0.115 e. The molecule has 4 nitrogen and oxygen atoms in total. The number of rotatable bonds is 4. The van der Waals surface area contributed by atoms with Gasteiger partial charge in [0.15, 0.2) is 0 Å². The van der Waals surface area contributed by atoms with Gasteiger partial charge in [-0.25, -0.2) is 0 Å². The summed E-state index contributed by atoms with van der Waals surface area (Å²) in [5.41, 5.74) is 5.75. The van der Waals surface area contributed by atoms with Crippen molar-refractivity contribution >= 4 is 74.9 Å². The molecule has 0 aliphatic rings. The van der Waals surface area contributed by atoms with E-state index in [0.717, 1.165) is 40.2 Å². The lowest BCUT2D eigenvalue weighted by Crippen LogP contribution is -1.88. The van der Waals surface area contributed by atoms with E-state index in [1.54, 1.807) is 48.5 Å². The van der Waals surface area contributed by atoms with Crippen LogP contribution in [0.15, 0.2) is 104 Å². The van der Waals surface area contributed by atoms with Crippen molar-refractivity contribution in [3.05, 3.63) is 126 Å². The van der Waals surface area contributed by atoms with Crippen molar-refractivity contribution in [2.75, 3.05) is 0 Å². The van der Waals surface area contributed by atoms with E-state index in [1.807, 2.05) is 48.5 Å². The summed E-state index contributed by atoms with van der Waals surface area (Å²) in [5, 5.41) is 37.2. The highest BCUT2D eigenvalue weighted by atomic mass is 79.9. The van der Waals surface area contributed by atoms with Gasteiger partial charge in [0, 0.05) is 11.1 Å². The summed E-state index contributed by atoms with van der Waals surface area (Å²) in [6.07, 6.45) is 0. The number of aromatic hydroxyl groups is 4. The topological polar surface area (TPSA) is 80.9 Å². The minimum Gasteiger partial charge on any atom is -0.508 e. The summed E-state index contributed by atoms with van der Waals surface area (Å²) in [5.74, 6) is 0.924. The molecule has 36 heavy (non-hydrogen) atoms. The Morgan fingerprint density at radius 1 is 0.333 bits per heavy atom. The molecule has 0 aliphatic carbocycles. The molecule has 0 fully saturated rings. The maximum Gasteiger partial charge on any atom is 0.115 e. The van der Waals surface area contributed by atoms with Gasteiger partial charge >= 0.3 is 0 Å². The maximum absolute atomic E-state index is 9.31. The van der Waals surface area contributed by atoms with Gasteiger partial charge in [-0.3, -0.25) is 0 Å². The van der Waals surface area contributed by atoms with Gasteiger partial charge in [0.1, 0.15) is 23.0 Å². The highest BCUT2D eigenvalue weighted by Crippen LogP contribution is 2.35. The van der Waals surface area contributed by atoms with Gasteiger partial charge in [-0.2, -0.15) is 0 Å². The molecule has 4 aromatic rings. The zero-order valence-corrected chi connectivity index (χ0v) is 24.9. The molecule has 4 N–H and O–H groups in total. The predicted molar refractivity (Wildman–Crippen MR) is 160 cm³/mol. The largest absolute Gasteiger partial charge is 0.508 e. The third-order valence-electron chi connectivity index (χ3n) is 5.00. The van der Waals surface area contributed by atoms with Gasteiger partial charge in [-0.05, 0) is 135 Å². The van der Waals surface area contributed by atoms with Crippen LogP contribution >= 0.6 is 63.7 Å². The van der Waals surface area contributed by atoms with Crippen molar-refractivity contribution < 1.29 is 20.4 Å². The van der Waals surface area contributed by atoms with Crippen LogP contribution in [0.2, 0.25) is 0 Å². The quantitative estimate of drug-likeness (QED) is 0.168. The summed E-state index contributed by atoms with van der Waals surface area (Å²) in [6.45, 7) is 0. The number of phenols is 4. The molecule has 0 atom stereocenters. The maximum atomic E-state index is 9.31. The second-order valence-electron chi connectivity index (χ2n) is 7.46. The van der Waals surface area contributed by atoms with Gasteiger partial charge in [0.05, 0.1) is 6.78 Å². The first kappa shape index (κ1) is 28.1. The standard InChI is InChI=1S/2C14H10Br2O2/c2*15-14(16)13(9-1-5-11(17)6-2-9)10-3-7-12(18)8-4-10/h2*1-8,17-18H. The van der Waals surface area contributed by atoms with Crippen LogP contribution in [0.3, 0.4) is 0 Å². The molecule has 8 heteroatoms. The predicted octanol–water partition coefficient (Wildman–Crippen LogP) is 9.21. The van der Waals surface area contributed by atoms with Crippen LogP contribution < -0.4 is 0 Å². The van der Waals surface area contributed by atoms with E-state index in [-0.39, 0.29) is 23.0 Å². The highest BCUT2D eigenvalue weighted by Gasteiger charge is 2.10. The van der Waals surface area contributed by atoms with Crippen LogP contribution in [0.25, 0.3) is 11.1 Å². The summed E-state index contributed by atoms with van der Waals surface area (Å²) in [6, 6.07) is 27.8. The minimum atomic E-state index is 0.231. The van der Waals surface area contributed by atoms with Crippen LogP contribution in [0, 0.1) is 0 Å². The van der Waals surface area contributed by atoms with E-state index >= 15 is 0 Å². The second-order valence-corrected chi connectivity index (χ2v) is 12.8. The fraction of sp³-hybridized carbons (Fsp3) is 0. The van der Waals surface area contributed by atoms with Gasteiger partial charge in [0.25, 0.3) is 0 Å². The Kier molecular flexibility index (Phi) is 10.2. The third-order valence-corrected chi connectivity index (χ3v) is 6.59. The molecule has 0 bridgehead atoms. The van der Waals surface area contributed by atoms with E-state index in [0.29, 0.717) is 0 Å². The molecule has 0 unspecified atom stereocenters. The molecule has 0 radical (unpaired) electrons. The lowest BCUT2D eigenvalue weighted by molar-refractivity contribution is 0.474. The molecular weight excluding hydrogens is 720 g/mol. The molecule has 0 heterocycles. The molecule has 0 aromatic heterocycles. The fourth-order valence-electron chi connectivity index (χ4n) is 3.28. The van der Waals surface area contributed by atoms with Crippen LogP contribution in [0.1, 0.15) is 22.3 Å². The van der Waals surface area contributed by atoms with Crippen LogP contribution in [0.4, 0.5) is 0 Å². The number of halogens is 4. The van der Waals surface area contributed by atoms with E-state index in [9.17, 15) is 20.4 Å². The first-order valence-corrected chi connectivity index (χ1v) is 13.6. The lowest BCUT2D eigenvalue weighted by atomic mass is 9.99. The molecule has 0 aliphatic heterocycles. The van der Waals surface area contributed by atoms with Crippen molar-refractivity contribution in [2.45, 2.75) is 0 Å². The average molecular weight is 740 g/mol. The molecule has 4 rings (SSSR count). The van der Waals surface area contributed by atoms with Gasteiger partial charge in [0.2, 0.25) is 0 Å². The second kappa shape index (κ2) is 13.1. The number of benzene rings is 4. The Hall–Kier alpha value is -2.52. The first-order chi connectivity index (χ1) is 17.2. The summed E-state index contributed by atoms with van der Waals surface area (Å²) in [4.78, 5) is 0. The highest BCUT2D eigenvalue weighted by molar-refractivity contribution is 9.28. The minimum absolute atomic E-state index is 0.231. The van der Waals surface area contributed by atoms with Crippen molar-refractivity contribution in [3.8, 4) is 23.0 Å². The van der Waals surface area contributed by atoms with E-state index in [4.69, 9.17) is 0 Å². The van der Waals surface area contributed by atoms with E-state index < -0.39 is 0 Å². The third kappa shape index (κ3) is 7.74. The zero-order valence-electron chi connectivity index (χ0n) is 18.5. The average Bonchev–Trinajstić information content (AvgIpc) is 2.84. The van der Waals surface area contributed by atoms with Crippen LogP contribution in [-0.4, -0.2) is 20.4 Å². The van der Waals surface area contributed by atoms with Gasteiger partial charge in [-0.15, -0.1) is 0 Å². The molecule has 0 saturated carbocycles. The summed E-state index contributed by atoms with van der Waals surface area (Å²) >= 11 is 13.7. The van der Waals surface area contributed by atoms with Gasteiger partial charge < -0.3 is 20.4 Å². The molecule has 4 aromatic carbocycles. The first-order valence-electron chi connectivity index (χ1n) is 10.4. The number of phenolic OH excluding ortho intramolecular Hbond substituents is 4. The van der Waals surface area contributed by atoms with Gasteiger partial charge in [-0.1, -0.05) is 48.5 Å². The number of hydrogen-bond donors (Lipinski definition) is 4.